The van der Waals surface area contributed by atoms with Crippen molar-refractivity contribution < 1.29 is 14.7 Å². The summed E-state index contributed by atoms with van der Waals surface area (Å²) < 4.78 is 0. The first-order valence-electron chi connectivity index (χ1n) is 7.07. The molecule has 1 aliphatic heterocycles. The zero-order valence-corrected chi connectivity index (χ0v) is 12.0. The van der Waals surface area contributed by atoms with Gasteiger partial charge < -0.3 is 10.0 Å². The fraction of sp³-hybridized carbons (Fsp3) is 0.500. The Hall–Kier alpha value is -1.84. The molecule has 0 saturated carbocycles. The topological polar surface area (TPSA) is 57.6 Å². The minimum Gasteiger partial charge on any atom is -0.480 e. The molecule has 20 heavy (non-hydrogen) atoms. The van der Waals surface area contributed by atoms with E-state index in [1.54, 1.807) is 0 Å². The quantitative estimate of drug-likeness (QED) is 0.917. The fourth-order valence-electron chi connectivity index (χ4n) is 2.88. The summed E-state index contributed by atoms with van der Waals surface area (Å²) in [6.45, 7) is 4.48. The summed E-state index contributed by atoms with van der Waals surface area (Å²) in [7, 11) is 0. The van der Waals surface area contributed by atoms with Crippen LogP contribution in [-0.2, 0) is 16.0 Å². The number of amides is 1. The van der Waals surface area contributed by atoms with Gasteiger partial charge >= 0.3 is 5.97 Å². The molecule has 0 aromatic heterocycles. The number of nitrogens with zero attached hydrogens (tertiary/aromatic N) is 1. The van der Waals surface area contributed by atoms with Crippen LogP contribution in [0.15, 0.2) is 24.3 Å². The van der Waals surface area contributed by atoms with E-state index < -0.39 is 12.0 Å². The Balaban J connectivity index is 1.99. The highest BCUT2D eigenvalue weighted by atomic mass is 16.4. The highest BCUT2D eigenvalue weighted by molar-refractivity contribution is 5.84. The first kappa shape index (κ1) is 14.6. The smallest absolute Gasteiger partial charge is 0.326 e. The largest absolute Gasteiger partial charge is 0.480 e. The molecular formula is C16H21NO3. The SMILES string of the molecule is Cc1ccccc1CCC(=O)N1CCC(C)C1C(=O)O. The summed E-state index contributed by atoms with van der Waals surface area (Å²) in [6.07, 6.45) is 1.82. The summed E-state index contributed by atoms with van der Waals surface area (Å²) in [6, 6.07) is 7.33. The number of carbonyl (C=O) groups excluding carboxylic acids is 1. The number of carbonyl (C=O) groups is 2. The molecule has 1 fully saturated rings. The monoisotopic (exact) mass is 275 g/mol. The van der Waals surface area contributed by atoms with Crippen LogP contribution in [-0.4, -0.2) is 34.5 Å². The third-order valence-corrected chi connectivity index (χ3v) is 4.14. The third kappa shape index (κ3) is 3.00. The lowest BCUT2D eigenvalue weighted by Crippen LogP contribution is -2.42. The van der Waals surface area contributed by atoms with E-state index in [1.165, 1.54) is 10.5 Å². The van der Waals surface area contributed by atoms with Gasteiger partial charge in [0.2, 0.25) is 5.91 Å². The normalized spacial score (nSPS) is 22.0. The van der Waals surface area contributed by atoms with Gasteiger partial charge in [0.05, 0.1) is 0 Å². The molecule has 0 radical (unpaired) electrons. The second kappa shape index (κ2) is 6.07. The molecule has 1 N–H and O–H groups in total. The van der Waals surface area contributed by atoms with E-state index in [1.807, 2.05) is 38.1 Å². The lowest BCUT2D eigenvalue weighted by molar-refractivity contribution is -0.149. The highest BCUT2D eigenvalue weighted by Gasteiger charge is 2.38. The average molecular weight is 275 g/mol. The molecule has 1 aliphatic rings. The maximum Gasteiger partial charge on any atom is 0.326 e. The van der Waals surface area contributed by atoms with E-state index in [9.17, 15) is 14.7 Å². The lowest BCUT2D eigenvalue weighted by atomic mass is 10.0. The Bertz CT molecular complexity index is 512. The minimum atomic E-state index is -0.890. The average Bonchev–Trinajstić information content (AvgIpc) is 2.79. The van der Waals surface area contributed by atoms with Crippen LogP contribution >= 0.6 is 0 Å². The number of carboxylic acids is 1. The molecule has 4 nitrogen and oxygen atoms in total. The summed E-state index contributed by atoms with van der Waals surface area (Å²) in [4.78, 5) is 25.0. The highest BCUT2D eigenvalue weighted by Crippen LogP contribution is 2.25. The Morgan fingerprint density at radius 2 is 2.05 bits per heavy atom. The van der Waals surface area contributed by atoms with Crippen molar-refractivity contribution in [1.82, 2.24) is 4.90 Å². The van der Waals surface area contributed by atoms with Crippen LogP contribution in [0.5, 0.6) is 0 Å². The van der Waals surface area contributed by atoms with E-state index in [2.05, 4.69) is 0 Å². The van der Waals surface area contributed by atoms with Gasteiger partial charge in [-0.1, -0.05) is 31.2 Å². The Kier molecular flexibility index (Phi) is 4.42. The van der Waals surface area contributed by atoms with Crippen molar-refractivity contribution >= 4 is 11.9 Å². The Labute approximate surface area is 119 Å². The van der Waals surface area contributed by atoms with Gasteiger partial charge in [-0.3, -0.25) is 4.79 Å². The van der Waals surface area contributed by atoms with Crippen molar-refractivity contribution in [2.75, 3.05) is 6.54 Å². The Morgan fingerprint density at radius 3 is 2.70 bits per heavy atom. The van der Waals surface area contributed by atoms with Gasteiger partial charge in [-0.25, -0.2) is 4.79 Å². The number of hydrogen-bond donors (Lipinski definition) is 1. The van der Waals surface area contributed by atoms with E-state index in [4.69, 9.17) is 0 Å². The number of benzene rings is 1. The van der Waals surface area contributed by atoms with Crippen molar-refractivity contribution in [1.29, 1.82) is 0 Å². The molecule has 2 rings (SSSR count). The van der Waals surface area contributed by atoms with E-state index in [0.717, 1.165) is 12.0 Å². The molecule has 0 aliphatic carbocycles. The molecule has 2 unspecified atom stereocenters. The molecule has 0 spiro atoms. The van der Waals surface area contributed by atoms with Crippen LogP contribution in [0.4, 0.5) is 0 Å². The van der Waals surface area contributed by atoms with Crippen molar-refractivity contribution in [3.63, 3.8) is 0 Å². The predicted octanol–water partition coefficient (Wildman–Crippen LogP) is 2.25. The second-order valence-corrected chi connectivity index (χ2v) is 5.56. The summed E-state index contributed by atoms with van der Waals surface area (Å²) in [5, 5.41) is 9.24. The van der Waals surface area contributed by atoms with Crippen LogP contribution in [0.25, 0.3) is 0 Å². The van der Waals surface area contributed by atoms with Gasteiger partial charge in [-0.05, 0) is 36.8 Å². The van der Waals surface area contributed by atoms with Gasteiger partial charge in [0, 0.05) is 13.0 Å². The number of aliphatic carboxylic acids is 1. The number of hydrogen-bond acceptors (Lipinski definition) is 2. The summed E-state index contributed by atoms with van der Waals surface area (Å²) >= 11 is 0. The summed E-state index contributed by atoms with van der Waals surface area (Å²) in [5.41, 5.74) is 2.32. The first-order chi connectivity index (χ1) is 9.50. The fourth-order valence-corrected chi connectivity index (χ4v) is 2.88. The van der Waals surface area contributed by atoms with Crippen molar-refractivity contribution in [3.8, 4) is 0 Å². The van der Waals surface area contributed by atoms with Crippen molar-refractivity contribution in [2.45, 2.75) is 39.2 Å². The third-order valence-electron chi connectivity index (χ3n) is 4.14. The van der Waals surface area contributed by atoms with Gasteiger partial charge in [0.15, 0.2) is 0 Å². The van der Waals surface area contributed by atoms with Crippen LogP contribution in [0.1, 0.15) is 30.9 Å². The zero-order valence-electron chi connectivity index (χ0n) is 12.0. The first-order valence-corrected chi connectivity index (χ1v) is 7.07. The van der Waals surface area contributed by atoms with Crippen LogP contribution < -0.4 is 0 Å². The minimum absolute atomic E-state index is 0.0370. The molecule has 1 aromatic rings. The zero-order chi connectivity index (χ0) is 14.7. The summed E-state index contributed by atoms with van der Waals surface area (Å²) in [5.74, 6) is -0.904. The van der Waals surface area contributed by atoms with Gasteiger partial charge in [-0.15, -0.1) is 0 Å². The van der Waals surface area contributed by atoms with E-state index >= 15 is 0 Å². The molecule has 4 heteroatoms. The second-order valence-electron chi connectivity index (χ2n) is 5.56. The van der Waals surface area contributed by atoms with Gasteiger partial charge in [-0.2, -0.15) is 0 Å². The van der Waals surface area contributed by atoms with Crippen molar-refractivity contribution in [2.24, 2.45) is 5.92 Å². The molecular weight excluding hydrogens is 254 g/mol. The standard InChI is InChI=1S/C16H21NO3/c1-11-5-3-4-6-13(11)7-8-14(18)17-10-9-12(2)15(17)16(19)20/h3-6,12,15H,7-10H2,1-2H3,(H,19,20). The molecule has 1 aromatic carbocycles. The van der Waals surface area contributed by atoms with Gasteiger partial charge in [0.1, 0.15) is 6.04 Å². The maximum atomic E-state index is 12.3. The van der Waals surface area contributed by atoms with E-state index in [0.29, 0.717) is 19.4 Å². The van der Waals surface area contributed by atoms with Crippen molar-refractivity contribution in [3.05, 3.63) is 35.4 Å². The molecule has 1 amide bonds. The number of rotatable bonds is 4. The van der Waals surface area contributed by atoms with Gasteiger partial charge in [0.25, 0.3) is 0 Å². The number of carboxylic acid groups (broad SMARTS) is 1. The molecule has 1 saturated heterocycles. The predicted molar refractivity (Wildman–Crippen MR) is 76.4 cm³/mol. The van der Waals surface area contributed by atoms with Crippen LogP contribution in [0.2, 0.25) is 0 Å². The number of aryl methyl sites for hydroxylation is 2. The Morgan fingerprint density at radius 1 is 1.35 bits per heavy atom. The number of likely N-dealkylation sites (tertiary alicyclic amines) is 1. The lowest BCUT2D eigenvalue weighted by Gasteiger charge is -2.23. The molecule has 1 heterocycles. The maximum absolute atomic E-state index is 12.3. The molecule has 108 valence electrons. The molecule has 0 bridgehead atoms. The van der Waals surface area contributed by atoms with Crippen LogP contribution in [0, 0.1) is 12.8 Å². The molecule has 2 atom stereocenters. The van der Waals surface area contributed by atoms with Crippen LogP contribution in [0.3, 0.4) is 0 Å². The van der Waals surface area contributed by atoms with E-state index in [-0.39, 0.29) is 11.8 Å².